The normalized spacial score (nSPS) is 19.5. The minimum atomic E-state index is -0.0495. The topological polar surface area (TPSA) is 41.6 Å². The van der Waals surface area contributed by atoms with Crippen LogP contribution in [-0.4, -0.2) is 23.7 Å². The van der Waals surface area contributed by atoms with Gasteiger partial charge in [0.05, 0.1) is 12.2 Å². The smallest absolute Gasteiger partial charge is 0.220 e. The van der Waals surface area contributed by atoms with E-state index in [9.17, 15) is 4.79 Å². The highest BCUT2D eigenvalue weighted by molar-refractivity contribution is 5.76. The molecule has 1 rings (SSSR count). The molecular formula is C23H45NO2. The minimum Gasteiger partial charge on any atom is -0.370 e. The number of epoxide rings is 1. The maximum absolute atomic E-state index is 12.0. The van der Waals surface area contributed by atoms with Crippen LogP contribution in [0.3, 0.4) is 0 Å². The Kier molecular flexibility index (Phi) is 12.3. The number of hydrogen-bond donors (Lipinski definition) is 1. The molecule has 1 aliphatic rings. The summed E-state index contributed by atoms with van der Waals surface area (Å²) in [4.78, 5) is 12.0. The lowest BCUT2D eigenvalue weighted by Crippen LogP contribution is -2.43. The Morgan fingerprint density at radius 1 is 0.808 bits per heavy atom. The van der Waals surface area contributed by atoms with Crippen molar-refractivity contribution >= 4 is 5.91 Å². The molecule has 0 unspecified atom stereocenters. The second kappa shape index (κ2) is 13.6. The van der Waals surface area contributed by atoms with E-state index in [2.05, 4.69) is 33.0 Å². The van der Waals surface area contributed by atoms with Crippen LogP contribution in [0.1, 0.15) is 124 Å². The van der Waals surface area contributed by atoms with E-state index in [0.717, 1.165) is 19.3 Å². The van der Waals surface area contributed by atoms with Gasteiger partial charge in [-0.3, -0.25) is 4.79 Å². The molecule has 26 heavy (non-hydrogen) atoms. The summed E-state index contributed by atoms with van der Waals surface area (Å²) in [5.41, 5.74) is -0.0495. The standard InChI is InChI=1S/C23H45NO2/c1-5-7-13-16-20-21(26-20)17-14-11-9-8-10-12-15-18-22(25)24-23(3,4)19-6-2/h20-21H,5-19H2,1-4H3,(H,24,25)/t20-,21+/m1/s1. The van der Waals surface area contributed by atoms with E-state index < -0.39 is 0 Å². The molecule has 0 aromatic heterocycles. The molecule has 154 valence electrons. The molecule has 0 spiro atoms. The molecule has 0 bridgehead atoms. The molecule has 3 nitrogen and oxygen atoms in total. The van der Waals surface area contributed by atoms with Gasteiger partial charge in [0.25, 0.3) is 0 Å². The monoisotopic (exact) mass is 367 g/mol. The van der Waals surface area contributed by atoms with Crippen LogP contribution < -0.4 is 5.32 Å². The van der Waals surface area contributed by atoms with Crippen LogP contribution in [0.4, 0.5) is 0 Å². The highest BCUT2D eigenvalue weighted by Gasteiger charge is 2.36. The molecule has 1 heterocycles. The van der Waals surface area contributed by atoms with Crippen LogP contribution in [0, 0.1) is 0 Å². The van der Waals surface area contributed by atoms with Crippen molar-refractivity contribution < 1.29 is 9.53 Å². The lowest BCUT2D eigenvalue weighted by Gasteiger charge is -2.25. The number of hydrogen-bond acceptors (Lipinski definition) is 2. The van der Waals surface area contributed by atoms with E-state index >= 15 is 0 Å². The average Bonchev–Trinajstić information content (AvgIpc) is 3.31. The maximum atomic E-state index is 12.0. The van der Waals surface area contributed by atoms with E-state index in [4.69, 9.17) is 4.74 Å². The van der Waals surface area contributed by atoms with Crippen LogP contribution in [0.25, 0.3) is 0 Å². The largest absolute Gasteiger partial charge is 0.370 e. The van der Waals surface area contributed by atoms with Crippen molar-refractivity contribution in [1.82, 2.24) is 5.32 Å². The predicted molar refractivity (Wildman–Crippen MR) is 111 cm³/mol. The summed E-state index contributed by atoms with van der Waals surface area (Å²) >= 11 is 0. The van der Waals surface area contributed by atoms with E-state index in [1.165, 1.54) is 70.6 Å². The van der Waals surface area contributed by atoms with Crippen LogP contribution in [0.15, 0.2) is 0 Å². The Bertz CT molecular complexity index is 367. The Morgan fingerprint density at radius 2 is 1.35 bits per heavy atom. The fraction of sp³-hybridized carbons (Fsp3) is 0.957. The van der Waals surface area contributed by atoms with E-state index in [1.807, 2.05) is 0 Å². The number of carbonyl (C=O) groups is 1. The number of rotatable bonds is 17. The summed E-state index contributed by atoms with van der Waals surface area (Å²) in [6, 6.07) is 0. The molecule has 3 heteroatoms. The van der Waals surface area contributed by atoms with Crippen LogP contribution >= 0.6 is 0 Å². The van der Waals surface area contributed by atoms with Gasteiger partial charge >= 0.3 is 0 Å². The third-order valence-corrected chi connectivity index (χ3v) is 5.53. The number of nitrogens with one attached hydrogen (secondary N) is 1. The van der Waals surface area contributed by atoms with E-state index in [0.29, 0.717) is 18.6 Å². The zero-order valence-corrected chi connectivity index (χ0v) is 18.1. The van der Waals surface area contributed by atoms with Crippen molar-refractivity contribution in [3.8, 4) is 0 Å². The van der Waals surface area contributed by atoms with Crippen molar-refractivity contribution in [2.45, 2.75) is 142 Å². The first-order chi connectivity index (χ1) is 12.5. The number of carbonyl (C=O) groups excluding carboxylic acids is 1. The fourth-order valence-electron chi connectivity index (χ4n) is 3.92. The first-order valence-electron chi connectivity index (χ1n) is 11.4. The van der Waals surface area contributed by atoms with Gasteiger partial charge in [-0.15, -0.1) is 0 Å². The van der Waals surface area contributed by atoms with Crippen molar-refractivity contribution in [3.63, 3.8) is 0 Å². The summed E-state index contributed by atoms with van der Waals surface area (Å²) in [6.45, 7) is 8.66. The van der Waals surface area contributed by atoms with Crippen LogP contribution in [0.2, 0.25) is 0 Å². The van der Waals surface area contributed by atoms with Crippen LogP contribution in [-0.2, 0) is 9.53 Å². The number of amides is 1. The summed E-state index contributed by atoms with van der Waals surface area (Å²) in [6.07, 6.45) is 19.4. The minimum absolute atomic E-state index is 0.0495. The zero-order chi connectivity index (χ0) is 19.3. The molecule has 1 amide bonds. The Hall–Kier alpha value is -0.570. The Labute approximate surface area is 163 Å². The van der Waals surface area contributed by atoms with Gasteiger partial charge < -0.3 is 10.1 Å². The molecule has 2 atom stereocenters. The van der Waals surface area contributed by atoms with Crippen molar-refractivity contribution in [3.05, 3.63) is 0 Å². The molecule has 0 radical (unpaired) electrons. The first kappa shape index (κ1) is 23.5. The predicted octanol–water partition coefficient (Wildman–Crippen LogP) is 6.54. The number of unbranched alkanes of at least 4 members (excludes halogenated alkanes) is 8. The van der Waals surface area contributed by atoms with Gasteiger partial charge in [-0.1, -0.05) is 78.1 Å². The third kappa shape index (κ3) is 11.9. The molecule has 0 aliphatic carbocycles. The maximum Gasteiger partial charge on any atom is 0.220 e. The van der Waals surface area contributed by atoms with Gasteiger partial charge in [-0.2, -0.15) is 0 Å². The van der Waals surface area contributed by atoms with Gasteiger partial charge in [0.1, 0.15) is 0 Å². The number of ether oxygens (including phenoxy) is 1. The van der Waals surface area contributed by atoms with Gasteiger partial charge in [-0.05, 0) is 39.5 Å². The highest BCUT2D eigenvalue weighted by Crippen LogP contribution is 2.31. The summed E-state index contributed by atoms with van der Waals surface area (Å²) in [5.74, 6) is 0.223. The third-order valence-electron chi connectivity index (χ3n) is 5.53. The van der Waals surface area contributed by atoms with Gasteiger partial charge in [-0.25, -0.2) is 0 Å². The molecule has 1 fully saturated rings. The highest BCUT2D eigenvalue weighted by atomic mass is 16.6. The Morgan fingerprint density at radius 3 is 1.92 bits per heavy atom. The quantitative estimate of drug-likeness (QED) is 0.234. The molecule has 1 aliphatic heterocycles. The molecule has 0 saturated carbocycles. The van der Waals surface area contributed by atoms with Gasteiger partial charge in [0.15, 0.2) is 0 Å². The molecule has 0 aromatic rings. The molecule has 1 N–H and O–H groups in total. The first-order valence-corrected chi connectivity index (χ1v) is 11.4. The molecule has 1 saturated heterocycles. The second-order valence-corrected chi connectivity index (χ2v) is 8.90. The molecule has 0 aromatic carbocycles. The lowest BCUT2D eigenvalue weighted by atomic mass is 9.98. The average molecular weight is 368 g/mol. The fourth-order valence-corrected chi connectivity index (χ4v) is 3.92. The summed E-state index contributed by atoms with van der Waals surface area (Å²) < 4.78 is 5.76. The van der Waals surface area contributed by atoms with Crippen molar-refractivity contribution in [2.75, 3.05) is 0 Å². The van der Waals surface area contributed by atoms with E-state index in [-0.39, 0.29) is 11.4 Å². The van der Waals surface area contributed by atoms with Crippen molar-refractivity contribution in [2.24, 2.45) is 0 Å². The summed E-state index contributed by atoms with van der Waals surface area (Å²) in [7, 11) is 0. The lowest BCUT2D eigenvalue weighted by molar-refractivity contribution is -0.122. The van der Waals surface area contributed by atoms with Crippen LogP contribution in [0.5, 0.6) is 0 Å². The van der Waals surface area contributed by atoms with Crippen molar-refractivity contribution in [1.29, 1.82) is 0 Å². The zero-order valence-electron chi connectivity index (χ0n) is 18.1. The van der Waals surface area contributed by atoms with Gasteiger partial charge in [0.2, 0.25) is 5.91 Å². The molecular weight excluding hydrogens is 322 g/mol. The van der Waals surface area contributed by atoms with E-state index in [1.54, 1.807) is 0 Å². The summed E-state index contributed by atoms with van der Waals surface area (Å²) in [5, 5.41) is 3.16. The SMILES string of the molecule is CCCCC[C@H]1O[C@H]1CCCCCCCCCC(=O)NC(C)(C)CCC. The second-order valence-electron chi connectivity index (χ2n) is 8.90. The Balaban J connectivity index is 1.83. The van der Waals surface area contributed by atoms with Gasteiger partial charge in [0, 0.05) is 12.0 Å².